The van der Waals surface area contributed by atoms with E-state index in [0.29, 0.717) is 16.1 Å². The molecular formula is C11H12FN3S2. The van der Waals surface area contributed by atoms with E-state index >= 15 is 0 Å². The summed E-state index contributed by atoms with van der Waals surface area (Å²) >= 11 is 3.13. The summed E-state index contributed by atoms with van der Waals surface area (Å²) in [5.74, 6) is -0.267. The van der Waals surface area contributed by atoms with Gasteiger partial charge < -0.3 is 5.32 Å². The molecule has 1 aromatic heterocycles. The fourth-order valence-electron chi connectivity index (χ4n) is 1.20. The molecule has 0 saturated heterocycles. The summed E-state index contributed by atoms with van der Waals surface area (Å²) in [6.45, 7) is 4.21. The van der Waals surface area contributed by atoms with Gasteiger partial charge in [-0.25, -0.2) is 4.39 Å². The zero-order chi connectivity index (χ0) is 12.3. The van der Waals surface area contributed by atoms with Crippen LogP contribution in [0.5, 0.6) is 0 Å². The van der Waals surface area contributed by atoms with Gasteiger partial charge in [-0.05, 0) is 18.2 Å². The Morgan fingerprint density at radius 2 is 2.18 bits per heavy atom. The lowest BCUT2D eigenvalue weighted by atomic mass is 10.3. The third-order valence-corrected chi connectivity index (χ3v) is 3.75. The number of aromatic nitrogens is 2. The van der Waals surface area contributed by atoms with Gasteiger partial charge in [-0.2, -0.15) is 0 Å². The zero-order valence-corrected chi connectivity index (χ0v) is 11.1. The molecule has 0 atom stereocenters. The summed E-state index contributed by atoms with van der Waals surface area (Å²) in [5.41, 5.74) is 0.683. The van der Waals surface area contributed by atoms with E-state index in [1.54, 1.807) is 23.9 Å². The van der Waals surface area contributed by atoms with E-state index in [-0.39, 0.29) is 5.82 Å². The number of hydrogen-bond donors (Lipinski definition) is 1. The highest BCUT2D eigenvalue weighted by molar-refractivity contribution is 8.01. The van der Waals surface area contributed by atoms with Crippen molar-refractivity contribution in [2.45, 2.75) is 23.4 Å². The molecule has 0 saturated carbocycles. The minimum Gasteiger partial charge on any atom is -0.330 e. The lowest BCUT2D eigenvalue weighted by Crippen LogP contribution is -1.89. The number of benzene rings is 1. The average molecular weight is 269 g/mol. The molecule has 1 heterocycles. The Morgan fingerprint density at radius 3 is 2.88 bits per heavy atom. The minimum atomic E-state index is -0.267. The van der Waals surface area contributed by atoms with Gasteiger partial charge >= 0.3 is 0 Å². The van der Waals surface area contributed by atoms with Crippen molar-refractivity contribution >= 4 is 33.9 Å². The number of halogens is 1. The van der Waals surface area contributed by atoms with Crippen LogP contribution in [-0.2, 0) is 0 Å². The van der Waals surface area contributed by atoms with Crippen molar-refractivity contribution in [1.82, 2.24) is 10.2 Å². The van der Waals surface area contributed by atoms with Gasteiger partial charge in [-0.3, -0.25) is 0 Å². The Bertz CT molecular complexity index is 499. The van der Waals surface area contributed by atoms with Crippen LogP contribution in [0.2, 0.25) is 0 Å². The number of hydrogen-bond acceptors (Lipinski definition) is 5. The number of nitrogens with one attached hydrogen (secondary N) is 1. The molecule has 0 radical (unpaired) electrons. The van der Waals surface area contributed by atoms with Crippen molar-refractivity contribution in [3.63, 3.8) is 0 Å². The Hall–Kier alpha value is -1.14. The van der Waals surface area contributed by atoms with Crippen LogP contribution in [0.1, 0.15) is 13.8 Å². The highest BCUT2D eigenvalue weighted by atomic mass is 32.2. The molecule has 17 heavy (non-hydrogen) atoms. The number of thioether (sulfide) groups is 1. The largest absolute Gasteiger partial charge is 0.330 e. The standard InChI is InChI=1S/C11H12FN3S2/c1-7(2)16-11-15-14-10(17-11)13-9-5-3-4-8(12)6-9/h3-7H,1-2H3,(H,13,14). The summed E-state index contributed by atoms with van der Waals surface area (Å²) in [5, 5.41) is 12.2. The Kier molecular flexibility index (Phi) is 3.96. The molecule has 0 bridgehead atoms. The van der Waals surface area contributed by atoms with Crippen LogP contribution in [0.15, 0.2) is 28.6 Å². The van der Waals surface area contributed by atoms with E-state index in [9.17, 15) is 4.39 Å². The molecule has 2 rings (SSSR count). The van der Waals surface area contributed by atoms with Crippen molar-refractivity contribution in [2.75, 3.05) is 5.32 Å². The van der Waals surface area contributed by atoms with Crippen LogP contribution in [-0.4, -0.2) is 15.4 Å². The van der Waals surface area contributed by atoms with Gasteiger partial charge in [0.15, 0.2) is 4.34 Å². The lowest BCUT2D eigenvalue weighted by Gasteiger charge is -2.00. The lowest BCUT2D eigenvalue weighted by molar-refractivity contribution is 0.628. The third kappa shape index (κ3) is 3.67. The molecule has 0 aliphatic rings. The molecule has 6 heteroatoms. The fraction of sp³-hybridized carbons (Fsp3) is 0.273. The van der Waals surface area contributed by atoms with Crippen molar-refractivity contribution in [1.29, 1.82) is 0 Å². The third-order valence-electron chi connectivity index (χ3n) is 1.82. The van der Waals surface area contributed by atoms with Crippen molar-refractivity contribution in [3.05, 3.63) is 30.1 Å². The Labute approximate surface area is 107 Å². The summed E-state index contributed by atoms with van der Waals surface area (Å²) < 4.78 is 13.9. The molecular weight excluding hydrogens is 257 g/mol. The smallest absolute Gasteiger partial charge is 0.210 e. The van der Waals surface area contributed by atoms with Gasteiger partial charge in [0, 0.05) is 10.9 Å². The van der Waals surface area contributed by atoms with Crippen LogP contribution in [0, 0.1) is 5.82 Å². The first-order valence-corrected chi connectivity index (χ1v) is 6.86. The fourth-order valence-corrected chi connectivity index (χ4v) is 3.19. The number of anilines is 2. The maximum Gasteiger partial charge on any atom is 0.210 e. The predicted molar refractivity (Wildman–Crippen MR) is 70.6 cm³/mol. The molecule has 0 aliphatic carbocycles. The minimum absolute atomic E-state index is 0.267. The normalized spacial score (nSPS) is 10.8. The summed E-state index contributed by atoms with van der Waals surface area (Å²) in [7, 11) is 0. The van der Waals surface area contributed by atoms with Gasteiger partial charge in [-0.1, -0.05) is 43.0 Å². The molecule has 1 N–H and O–H groups in total. The van der Waals surface area contributed by atoms with Crippen molar-refractivity contribution < 1.29 is 4.39 Å². The quantitative estimate of drug-likeness (QED) is 0.854. The molecule has 90 valence electrons. The second kappa shape index (κ2) is 5.46. The van der Waals surface area contributed by atoms with Crippen LogP contribution in [0.3, 0.4) is 0 Å². The molecule has 3 nitrogen and oxygen atoms in total. The maximum absolute atomic E-state index is 13.0. The van der Waals surface area contributed by atoms with E-state index in [0.717, 1.165) is 4.34 Å². The molecule has 1 aromatic carbocycles. The zero-order valence-electron chi connectivity index (χ0n) is 9.48. The highest BCUT2D eigenvalue weighted by Crippen LogP contribution is 2.30. The van der Waals surface area contributed by atoms with Gasteiger partial charge in [-0.15, -0.1) is 10.2 Å². The van der Waals surface area contributed by atoms with Crippen LogP contribution >= 0.6 is 23.1 Å². The van der Waals surface area contributed by atoms with Crippen LogP contribution in [0.25, 0.3) is 0 Å². The van der Waals surface area contributed by atoms with Gasteiger partial charge in [0.25, 0.3) is 0 Å². The number of rotatable bonds is 4. The first kappa shape index (κ1) is 12.3. The monoisotopic (exact) mass is 269 g/mol. The highest BCUT2D eigenvalue weighted by Gasteiger charge is 2.07. The van der Waals surface area contributed by atoms with Gasteiger partial charge in [0.2, 0.25) is 5.13 Å². The van der Waals surface area contributed by atoms with Gasteiger partial charge in [0.05, 0.1) is 0 Å². The summed E-state index contributed by atoms with van der Waals surface area (Å²) in [6.07, 6.45) is 0. The van der Waals surface area contributed by atoms with E-state index in [1.807, 2.05) is 0 Å². The topological polar surface area (TPSA) is 37.8 Å². The first-order chi connectivity index (χ1) is 8.13. The van der Waals surface area contributed by atoms with E-state index in [2.05, 4.69) is 29.4 Å². The SMILES string of the molecule is CC(C)Sc1nnc(Nc2cccc(F)c2)s1. The summed E-state index contributed by atoms with van der Waals surface area (Å²) in [4.78, 5) is 0. The molecule has 2 aromatic rings. The second-order valence-electron chi connectivity index (χ2n) is 3.68. The van der Waals surface area contributed by atoms with E-state index in [4.69, 9.17) is 0 Å². The summed E-state index contributed by atoms with van der Waals surface area (Å²) in [6, 6.07) is 6.28. The van der Waals surface area contributed by atoms with Gasteiger partial charge in [0.1, 0.15) is 5.82 Å². The maximum atomic E-state index is 13.0. The first-order valence-electron chi connectivity index (χ1n) is 5.16. The molecule has 0 spiro atoms. The van der Waals surface area contributed by atoms with Crippen LogP contribution in [0.4, 0.5) is 15.2 Å². The molecule has 0 unspecified atom stereocenters. The van der Waals surface area contributed by atoms with E-state index < -0.39 is 0 Å². The Morgan fingerprint density at radius 1 is 1.35 bits per heavy atom. The molecule has 0 aliphatic heterocycles. The Balaban J connectivity index is 2.06. The van der Waals surface area contributed by atoms with Crippen LogP contribution < -0.4 is 5.32 Å². The molecule has 0 fully saturated rings. The van der Waals surface area contributed by atoms with Crippen molar-refractivity contribution in [3.8, 4) is 0 Å². The average Bonchev–Trinajstić information content (AvgIpc) is 2.64. The van der Waals surface area contributed by atoms with E-state index in [1.165, 1.54) is 23.5 Å². The predicted octanol–water partition coefficient (Wildman–Crippen LogP) is 3.92. The second-order valence-corrected chi connectivity index (χ2v) is 6.48. The van der Waals surface area contributed by atoms with Crippen molar-refractivity contribution in [2.24, 2.45) is 0 Å². The molecule has 0 amide bonds. The number of nitrogens with zero attached hydrogens (tertiary/aromatic N) is 2.